The first-order chi connectivity index (χ1) is 15.0. The number of ketones is 1. The van der Waals surface area contributed by atoms with Gasteiger partial charge in [0.25, 0.3) is 0 Å². The van der Waals surface area contributed by atoms with E-state index in [9.17, 15) is 19.2 Å². The fourth-order valence-corrected chi connectivity index (χ4v) is 5.05. The third-order valence-corrected chi connectivity index (χ3v) is 6.52. The van der Waals surface area contributed by atoms with E-state index in [0.29, 0.717) is 11.3 Å². The van der Waals surface area contributed by atoms with Crippen molar-refractivity contribution in [1.82, 2.24) is 0 Å². The van der Waals surface area contributed by atoms with Crippen molar-refractivity contribution in [3.63, 3.8) is 0 Å². The summed E-state index contributed by atoms with van der Waals surface area (Å²) in [6.07, 6.45) is 3.98. The average Bonchev–Trinajstić information content (AvgIpc) is 3.47. The predicted octanol–water partition coefficient (Wildman–Crippen LogP) is 3.43. The first-order valence-electron chi connectivity index (χ1n) is 10.4. The van der Waals surface area contributed by atoms with E-state index in [-0.39, 0.29) is 46.8 Å². The number of esters is 1. The Kier molecular flexibility index (Phi) is 4.58. The van der Waals surface area contributed by atoms with Crippen LogP contribution in [0.25, 0.3) is 0 Å². The summed E-state index contributed by atoms with van der Waals surface area (Å²) in [6.45, 7) is 1.52. The van der Waals surface area contributed by atoms with Gasteiger partial charge in [-0.2, -0.15) is 0 Å². The summed E-state index contributed by atoms with van der Waals surface area (Å²) in [5, 5.41) is 0. The average molecular weight is 415 g/mol. The van der Waals surface area contributed by atoms with Gasteiger partial charge in [0.05, 0.1) is 23.1 Å². The predicted molar refractivity (Wildman–Crippen MR) is 112 cm³/mol. The van der Waals surface area contributed by atoms with Crippen LogP contribution in [0.5, 0.6) is 0 Å². The molecule has 1 saturated carbocycles. The Balaban J connectivity index is 1.34. The molecule has 2 aromatic carbocycles. The van der Waals surface area contributed by atoms with Crippen molar-refractivity contribution in [3.8, 4) is 0 Å². The molecule has 2 aromatic rings. The number of carbonyl (C=O) groups excluding carboxylic acids is 4. The first-order valence-corrected chi connectivity index (χ1v) is 10.4. The summed E-state index contributed by atoms with van der Waals surface area (Å²) in [4.78, 5) is 52.3. The lowest BCUT2D eigenvalue weighted by molar-refractivity contribution is -0.123. The lowest BCUT2D eigenvalue weighted by Gasteiger charge is -2.18. The molecule has 0 spiro atoms. The van der Waals surface area contributed by atoms with Gasteiger partial charge in [0.1, 0.15) is 0 Å². The smallest absolute Gasteiger partial charge is 0.338 e. The largest absolute Gasteiger partial charge is 0.451 e. The van der Waals surface area contributed by atoms with Crippen molar-refractivity contribution < 1.29 is 23.9 Å². The Labute approximate surface area is 179 Å². The molecule has 156 valence electrons. The monoisotopic (exact) mass is 415 g/mol. The summed E-state index contributed by atoms with van der Waals surface area (Å²) in [5.41, 5.74) is 1.00. The SMILES string of the molecule is C[C@H](OC(=O)c1cccc(N2C(=O)[C@@H]3[C@@H](C2=O)[C@H]2C=C[C@H]3C2)c1)C(=O)c1ccccc1. The summed E-state index contributed by atoms with van der Waals surface area (Å²) in [7, 11) is 0. The third kappa shape index (κ3) is 3.10. The van der Waals surface area contributed by atoms with E-state index in [1.54, 1.807) is 48.5 Å². The Morgan fingerprint density at radius 1 is 0.903 bits per heavy atom. The van der Waals surface area contributed by atoms with Gasteiger partial charge in [-0.1, -0.05) is 48.6 Å². The number of Topliss-reactive ketones (excluding diaryl/α,β-unsaturated/α-hetero) is 1. The molecule has 3 aliphatic rings. The third-order valence-electron chi connectivity index (χ3n) is 6.52. The fraction of sp³-hybridized carbons (Fsp3) is 0.280. The van der Waals surface area contributed by atoms with Gasteiger partial charge in [0.2, 0.25) is 17.6 Å². The highest BCUT2D eigenvalue weighted by Gasteiger charge is 2.59. The molecule has 6 heteroatoms. The Morgan fingerprint density at radius 2 is 1.52 bits per heavy atom. The van der Waals surface area contributed by atoms with Crippen molar-refractivity contribution in [3.05, 3.63) is 77.9 Å². The number of benzene rings is 2. The minimum Gasteiger partial charge on any atom is -0.451 e. The molecule has 0 aromatic heterocycles. The molecule has 2 bridgehead atoms. The van der Waals surface area contributed by atoms with E-state index in [4.69, 9.17) is 4.74 Å². The lowest BCUT2D eigenvalue weighted by Crippen LogP contribution is -2.33. The summed E-state index contributed by atoms with van der Waals surface area (Å²) in [6, 6.07) is 14.9. The molecular formula is C25H21NO5. The van der Waals surface area contributed by atoms with E-state index >= 15 is 0 Å². The van der Waals surface area contributed by atoms with Crippen molar-refractivity contribution in [2.75, 3.05) is 4.90 Å². The second kappa shape index (κ2) is 7.30. The maximum atomic E-state index is 13.0. The summed E-state index contributed by atoms with van der Waals surface area (Å²) in [5.74, 6) is -1.76. The molecule has 31 heavy (non-hydrogen) atoms. The molecule has 1 aliphatic heterocycles. The normalized spacial score (nSPS) is 26.8. The van der Waals surface area contributed by atoms with Gasteiger partial charge < -0.3 is 4.74 Å². The second-order valence-corrected chi connectivity index (χ2v) is 8.34. The molecule has 2 amide bonds. The number of rotatable bonds is 5. The van der Waals surface area contributed by atoms with Crippen LogP contribution in [0, 0.1) is 23.7 Å². The van der Waals surface area contributed by atoms with Crippen LogP contribution in [0.4, 0.5) is 5.69 Å². The van der Waals surface area contributed by atoms with Crippen molar-refractivity contribution in [2.45, 2.75) is 19.4 Å². The molecule has 1 saturated heterocycles. The van der Waals surface area contributed by atoms with E-state index in [0.717, 1.165) is 6.42 Å². The number of allylic oxidation sites excluding steroid dienone is 2. The Hall–Kier alpha value is -3.54. The van der Waals surface area contributed by atoms with E-state index in [1.165, 1.54) is 17.9 Å². The number of fused-ring (bicyclic) bond motifs is 5. The number of hydrogen-bond donors (Lipinski definition) is 0. The Morgan fingerprint density at radius 3 is 2.16 bits per heavy atom. The molecule has 5 atom stereocenters. The number of hydrogen-bond acceptors (Lipinski definition) is 5. The zero-order valence-corrected chi connectivity index (χ0v) is 16.9. The van der Waals surface area contributed by atoms with Gasteiger partial charge in [-0.3, -0.25) is 14.4 Å². The topological polar surface area (TPSA) is 80.8 Å². The van der Waals surface area contributed by atoms with E-state index < -0.39 is 12.1 Å². The number of anilines is 1. The number of carbonyl (C=O) groups is 4. The lowest BCUT2D eigenvalue weighted by atomic mass is 9.85. The van der Waals surface area contributed by atoms with E-state index in [2.05, 4.69) is 0 Å². The number of ether oxygens (including phenoxy) is 1. The quantitative estimate of drug-likeness (QED) is 0.324. The number of amides is 2. The highest BCUT2D eigenvalue weighted by atomic mass is 16.5. The Bertz CT molecular complexity index is 1090. The van der Waals surface area contributed by atoms with Crippen LogP contribution >= 0.6 is 0 Å². The molecule has 2 fully saturated rings. The van der Waals surface area contributed by atoms with Crippen LogP contribution < -0.4 is 4.90 Å². The summed E-state index contributed by atoms with van der Waals surface area (Å²) < 4.78 is 5.36. The van der Waals surface area contributed by atoms with Gasteiger partial charge in [0, 0.05) is 5.56 Å². The van der Waals surface area contributed by atoms with Crippen LogP contribution in [0.3, 0.4) is 0 Å². The van der Waals surface area contributed by atoms with Crippen LogP contribution in [-0.4, -0.2) is 29.7 Å². The molecule has 5 rings (SSSR count). The highest BCUT2D eigenvalue weighted by molar-refractivity contribution is 6.23. The molecular weight excluding hydrogens is 394 g/mol. The van der Waals surface area contributed by atoms with Crippen molar-refractivity contribution in [1.29, 1.82) is 0 Å². The molecule has 6 nitrogen and oxygen atoms in total. The number of imide groups is 1. The van der Waals surface area contributed by atoms with Crippen molar-refractivity contribution in [2.24, 2.45) is 23.7 Å². The van der Waals surface area contributed by atoms with Crippen molar-refractivity contribution >= 4 is 29.3 Å². The highest BCUT2D eigenvalue weighted by Crippen LogP contribution is 2.53. The maximum Gasteiger partial charge on any atom is 0.338 e. The fourth-order valence-electron chi connectivity index (χ4n) is 5.05. The van der Waals surface area contributed by atoms with Gasteiger partial charge in [0.15, 0.2) is 6.10 Å². The molecule has 2 aliphatic carbocycles. The minimum atomic E-state index is -0.963. The summed E-state index contributed by atoms with van der Waals surface area (Å²) >= 11 is 0. The number of nitrogens with zero attached hydrogens (tertiary/aromatic N) is 1. The van der Waals surface area contributed by atoms with Gasteiger partial charge >= 0.3 is 5.97 Å². The maximum absolute atomic E-state index is 13.0. The van der Waals surface area contributed by atoms with Gasteiger partial charge in [-0.05, 0) is 43.4 Å². The minimum absolute atomic E-state index is 0.120. The van der Waals surface area contributed by atoms with Crippen LogP contribution in [0.1, 0.15) is 34.1 Å². The van der Waals surface area contributed by atoms with Crippen LogP contribution in [-0.2, 0) is 14.3 Å². The molecule has 1 heterocycles. The van der Waals surface area contributed by atoms with Gasteiger partial charge in [-0.15, -0.1) is 0 Å². The molecule has 0 N–H and O–H groups in total. The zero-order chi connectivity index (χ0) is 21.7. The molecule has 0 unspecified atom stereocenters. The van der Waals surface area contributed by atoms with Crippen LogP contribution in [0.15, 0.2) is 66.7 Å². The zero-order valence-electron chi connectivity index (χ0n) is 16.9. The van der Waals surface area contributed by atoms with E-state index in [1.807, 2.05) is 12.2 Å². The first kappa shape index (κ1) is 19.4. The van der Waals surface area contributed by atoms with Gasteiger partial charge in [-0.25, -0.2) is 9.69 Å². The second-order valence-electron chi connectivity index (χ2n) is 8.34. The standard InChI is InChI=1S/C25H21NO5/c1-14(22(27)15-6-3-2-4-7-15)31-25(30)18-8-5-9-19(13-18)26-23(28)20-16-10-11-17(12-16)21(20)24(26)29/h2-11,13-14,16-17,20-21H,12H2,1H3/t14-,16-,17-,20-,21-/m0/s1. The van der Waals surface area contributed by atoms with Crippen LogP contribution in [0.2, 0.25) is 0 Å². The molecule has 0 radical (unpaired) electrons.